The molecule has 82 valence electrons. The molecule has 1 saturated heterocycles. The molecule has 0 bridgehead atoms. The fourth-order valence-electron chi connectivity index (χ4n) is 1.43. The van der Waals surface area contributed by atoms with Crippen molar-refractivity contribution >= 4 is 21.8 Å². The Morgan fingerprint density at radius 3 is 3.00 bits per heavy atom. The lowest BCUT2D eigenvalue weighted by Crippen LogP contribution is -2.47. The van der Waals surface area contributed by atoms with Crippen LogP contribution in [0.5, 0.6) is 0 Å². The Morgan fingerprint density at radius 2 is 2.50 bits per heavy atom. The molecule has 1 amide bonds. The van der Waals surface area contributed by atoms with Gasteiger partial charge in [-0.1, -0.05) is 15.9 Å². The van der Waals surface area contributed by atoms with E-state index >= 15 is 0 Å². The topological polar surface area (TPSA) is 58.6 Å². The van der Waals surface area contributed by atoms with Crippen molar-refractivity contribution in [3.05, 3.63) is 0 Å². The number of rotatable bonds is 4. The monoisotopic (exact) mass is 265 g/mol. The fourth-order valence-corrected chi connectivity index (χ4v) is 1.79. The van der Waals surface area contributed by atoms with Gasteiger partial charge < -0.3 is 15.2 Å². The largest absolute Gasteiger partial charge is 0.385 e. The van der Waals surface area contributed by atoms with E-state index in [1.165, 1.54) is 0 Å². The highest BCUT2D eigenvalue weighted by Crippen LogP contribution is 2.24. The van der Waals surface area contributed by atoms with E-state index in [9.17, 15) is 9.90 Å². The van der Waals surface area contributed by atoms with Crippen molar-refractivity contribution in [3.63, 3.8) is 0 Å². The lowest BCUT2D eigenvalue weighted by molar-refractivity contribution is -0.122. The minimum atomic E-state index is -0.887. The minimum absolute atomic E-state index is 0.0469. The first-order valence-corrected chi connectivity index (χ1v) is 5.87. The number of carbonyl (C=O) groups is 1. The highest BCUT2D eigenvalue weighted by Gasteiger charge is 2.39. The van der Waals surface area contributed by atoms with Gasteiger partial charge >= 0.3 is 0 Å². The molecule has 2 N–H and O–H groups in total. The second-order valence-electron chi connectivity index (χ2n) is 3.58. The molecule has 2 atom stereocenters. The Kier molecular flexibility index (Phi) is 4.34. The molecule has 0 aromatic carbocycles. The van der Waals surface area contributed by atoms with Crippen molar-refractivity contribution < 1.29 is 14.6 Å². The van der Waals surface area contributed by atoms with Gasteiger partial charge in [-0.25, -0.2) is 0 Å². The smallest absolute Gasteiger partial charge is 0.220 e. The predicted molar refractivity (Wildman–Crippen MR) is 56.4 cm³/mol. The predicted octanol–water partition coefficient (Wildman–Crippen LogP) is 0.427. The zero-order valence-corrected chi connectivity index (χ0v) is 9.84. The third kappa shape index (κ3) is 2.93. The summed E-state index contributed by atoms with van der Waals surface area (Å²) in [6.07, 6.45) is 0.820. The lowest BCUT2D eigenvalue weighted by Gasteiger charge is -2.26. The summed E-state index contributed by atoms with van der Waals surface area (Å²) in [4.78, 5) is 11.2. The molecule has 0 aromatic heterocycles. The van der Waals surface area contributed by atoms with Gasteiger partial charge in [0.1, 0.15) is 5.60 Å². The molecule has 0 aliphatic carbocycles. The van der Waals surface area contributed by atoms with Crippen LogP contribution in [-0.4, -0.2) is 41.2 Å². The van der Waals surface area contributed by atoms with Gasteiger partial charge in [-0.15, -0.1) is 0 Å². The van der Waals surface area contributed by atoms with Gasteiger partial charge in [0.2, 0.25) is 5.91 Å². The standard InChI is InChI=1S/C9H16BrNO3/c1-7-9(13,3-5-14-7)6-11-8(12)2-4-10/h7,13H,2-6H2,1H3,(H,11,12). The number of alkyl halides is 1. The Labute approximate surface area is 92.1 Å². The van der Waals surface area contributed by atoms with Crippen LogP contribution >= 0.6 is 15.9 Å². The zero-order chi connectivity index (χ0) is 10.6. The Bertz CT molecular complexity index is 212. The van der Waals surface area contributed by atoms with E-state index in [0.29, 0.717) is 24.8 Å². The number of halogens is 1. The molecule has 4 nitrogen and oxygen atoms in total. The summed E-state index contributed by atoms with van der Waals surface area (Å²) in [7, 11) is 0. The first-order chi connectivity index (χ1) is 6.58. The molecule has 0 spiro atoms. The van der Waals surface area contributed by atoms with Crippen LogP contribution < -0.4 is 5.32 Å². The summed E-state index contributed by atoms with van der Waals surface area (Å²) >= 11 is 3.18. The molecule has 1 aliphatic rings. The van der Waals surface area contributed by atoms with Crippen LogP contribution in [0.1, 0.15) is 19.8 Å². The van der Waals surface area contributed by atoms with Gasteiger partial charge in [-0.2, -0.15) is 0 Å². The van der Waals surface area contributed by atoms with Gasteiger partial charge in [0, 0.05) is 31.3 Å². The average molecular weight is 266 g/mol. The number of carbonyl (C=O) groups excluding carboxylic acids is 1. The van der Waals surface area contributed by atoms with Crippen LogP contribution in [0.3, 0.4) is 0 Å². The van der Waals surface area contributed by atoms with Crippen molar-refractivity contribution in [1.29, 1.82) is 0 Å². The number of nitrogens with one attached hydrogen (secondary N) is 1. The Hall–Kier alpha value is -0.130. The summed E-state index contributed by atoms with van der Waals surface area (Å²) in [5.74, 6) is -0.0469. The fraction of sp³-hybridized carbons (Fsp3) is 0.889. The van der Waals surface area contributed by atoms with Crippen LogP contribution in [0.25, 0.3) is 0 Å². The van der Waals surface area contributed by atoms with E-state index in [0.717, 1.165) is 0 Å². The molecule has 1 heterocycles. The van der Waals surface area contributed by atoms with E-state index in [2.05, 4.69) is 21.2 Å². The lowest BCUT2D eigenvalue weighted by atomic mass is 9.97. The van der Waals surface area contributed by atoms with E-state index in [4.69, 9.17) is 4.74 Å². The zero-order valence-electron chi connectivity index (χ0n) is 8.25. The van der Waals surface area contributed by atoms with Crippen LogP contribution in [0.15, 0.2) is 0 Å². The number of aliphatic hydroxyl groups is 1. The molecule has 14 heavy (non-hydrogen) atoms. The molecule has 1 rings (SSSR count). The Morgan fingerprint density at radius 1 is 1.79 bits per heavy atom. The third-order valence-electron chi connectivity index (χ3n) is 2.57. The van der Waals surface area contributed by atoms with Crippen LogP contribution in [0.4, 0.5) is 0 Å². The van der Waals surface area contributed by atoms with Gasteiger partial charge in [0.05, 0.1) is 6.10 Å². The van der Waals surface area contributed by atoms with E-state index in [1.54, 1.807) is 0 Å². The average Bonchev–Trinajstić information content (AvgIpc) is 2.46. The molecule has 5 heteroatoms. The first kappa shape index (κ1) is 11.9. The van der Waals surface area contributed by atoms with Crippen molar-refractivity contribution in [1.82, 2.24) is 5.32 Å². The molecular weight excluding hydrogens is 250 g/mol. The van der Waals surface area contributed by atoms with Gasteiger partial charge in [0.25, 0.3) is 0 Å². The quantitative estimate of drug-likeness (QED) is 0.725. The highest BCUT2D eigenvalue weighted by molar-refractivity contribution is 9.09. The second kappa shape index (κ2) is 5.09. The third-order valence-corrected chi connectivity index (χ3v) is 2.97. The van der Waals surface area contributed by atoms with E-state index < -0.39 is 5.60 Å². The summed E-state index contributed by atoms with van der Waals surface area (Å²) in [6.45, 7) is 2.66. The molecule has 0 aromatic rings. The summed E-state index contributed by atoms with van der Waals surface area (Å²) < 4.78 is 5.25. The SMILES string of the molecule is CC1OCCC1(O)CNC(=O)CCBr. The minimum Gasteiger partial charge on any atom is -0.385 e. The van der Waals surface area contributed by atoms with Crippen molar-refractivity contribution in [2.45, 2.75) is 31.5 Å². The molecule has 2 unspecified atom stereocenters. The molecule has 1 aliphatic heterocycles. The molecule has 1 fully saturated rings. The maximum absolute atomic E-state index is 11.2. The first-order valence-electron chi connectivity index (χ1n) is 4.75. The summed E-state index contributed by atoms with van der Waals surface area (Å²) in [6, 6.07) is 0. The van der Waals surface area contributed by atoms with E-state index in [-0.39, 0.29) is 18.6 Å². The number of hydrogen-bond donors (Lipinski definition) is 2. The number of ether oxygens (including phenoxy) is 1. The van der Waals surface area contributed by atoms with Crippen molar-refractivity contribution in [2.75, 3.05) is 18.5 Å². The maximum Gasteiger partial charge on any atom is 0.220 e. The van der Waals surface area contributed by atoms with Gasteiger partial charge in [0.15, 0.2) is 0 Å². The number of hydrogen-bond acceptors (Lipinski definition) is 3. The molecule has 0 radical (unpaired) electrons. The molecule has 0 saturated carbocycles. The number of amides is 1. The van der Waals surface area contributed by atoms with Gasteiger partial charge in [-0.3, -0.25) is 4.79 Å². The Balaban J connectivity index is 2.32. The van der Waals surface area contributed by atoms with Crippen LogP contribution in [-0.2, 0) is 9.53 Å². The van der Waals surface area contributed by atoms with Crippen molar-refractivity contribution in [3.8, 4) is 0 Å². The maximum atomic E-state index is 11.2. The van der Waals surface area contributed by atoms with E-state index in [1.807, 2.05) is 6.92 Å². The van der Waals surface area contributed by atoms with Gasteiger partial charge in [-0.05, 0) is 6.92 Å². The van der Waals surface area contributed by atoms with Crippen LogP contribution in [0, 0.1) is 0 Å². The highest BCUT2D eigenvalue weighted by atomic mass is 79.9. The van der Waals surface area contributed by atoms with Crippen LogP contribution in [0.2, 0.25) is 0 Å². The van der Waals surface area contributed by atoms with Crippen molar-refractivity contribution in [2.24, 2.45) is 0 Å². The normalized spacial score (nSPS) is 31.8. The second-order valence-corrected chi connectivity index (χ2v) is 4.38. The summed E-state index contributed by atoms with van der Waals surface area (Å²) in [5, 5.41) is 13.4. The summed E-state index contributed by atoms with van der Waals surface area (Å²) in [5.41, 5.74) is -0.887. The molecular formula is C9H16BrNO3.